The minimum absolute atomic E-state index is 0.164. The van der Waals surface area contributed by atoms with Crippen LogP contribution in [0.15, 0.2) is 0 Å². The van der Waals surface area contributed by atoms with Gasteiger partial charge in [0, 0.05) is 6.42 Å². The van der Waals surface area contributed by atoms with Crippen molar-refractivity contribution in [2.45, 2.75) is 52.7 Å². The van der Waals surface area contributed by atoms with Crippen LogP contribution in [0.4, 0.5) is 0 Å². The number of carbonyl (C=O) groups is 1. The molecule has 1 aliphatic heterocycles. The molecule has 5 heteroatoms. The summed E-state index contributed by atoms with van der Waals surface area (Å²) in [5, 5.41) is 10.6. The van der Waals surface area contributed by atoms with Gasteiger partial charge in [0.2, 0.25) is 0 Å². The van der Waals surface area contributed by atoms with Gasteiger partial charge in [0.05, 0.1) is 12.2 Å². The summed E-state index contributed by atoms with van der Waals surface area (Å²) in [5.41, 5.74) is -2.22. The summed E-state index contributed by atoms with van der Waals surface area (Å²) in [4.78, 5) is 12.1. The van der Waals surface area contributed by atoms with Gasteiger partial charge in [0.1, 0.15) is 22.0 Å². The number of carbonyl (C=O) groups excluding carboxylic acids is 1. The average Bonchev–Trinajstić information content (AvgIpc) is 2.12. The van der Waals surface area contributed by atoms with Crippen molar-refractivity contribution in [3.8, 4) is 0 Å². The van der Waals surface area contributed by atoms with E-state index in [1.165, 1.54) is 0 Å². The molecule has 3 unspecified atom stereocenters. The van der Waals surface area contributed by atoms with Gasteiger partial charge in [-0.3, -0.25) is 4.79 Å². The molecule has 1 N–H and O–H groups in total. The second-order valence-corrected chi connectivity index (χ2v) is 7.08. The molecule has 1 saturated heterocycles. The molecule has 0 aromatic rings. The first kappa shape index (κ1) is 14.7. The highest BCUT2D eigenvalue weighted by Gasteiger charge is 2.57. The van der Waals surface area contributed by atoms with Gasteiger partial charge in [-0.05, 0) is 19.3 Å². The molecular weight excluding hydrogens is 236 g/mol. The lowest BCUT2D eigenvalue weighted by molar-refractivity contribution is -0.216. The molecule has 100 valence electrons. The Morgan fingerprint density at radius 2 is 2.06 bits per heavy atom. The lowest BCUT2D eigenvalue weighted by atomic mass is 9.67. The molecule has 0 amide bonds. The number of rotatable bonds is 2. The van der Waals surface area contributed by atoms with Crippen molar-refractivity contribution in [1.29, 1.82) is 0 Å². The molecule has 0 spiro atoms. The Labute approximate surface area is 106 Å². The average molecular weight is 260 g/mol. The van der Waals surface area contributed by atoms with Crippen molar-refractivity contribution in [3.63, 3.8) is 0 Å². The Balaban J connectivity index is 3.01. The molecule has 1 fully saturated rings. The minimum atomic E-state index is -1.09. The molecule has 1 rings (SSSR count). The van der Waals surface area contributed by atoms with Gasteiger partial charge in [-0.2, -0.15) is 0 Å². The smallest absolute Gasteiger partial charge is 0.317 e. The monoisotopic (exact) mass is 260 g/mol. The van der Waals surface area contributed by atoms with Gasteiger partial charge in [-0.25, -0.2) is 0 Å². The van der Waals surface area contributed by atoms with Gasteiger partial charge in [-0.1, -0.05) is 20.8 Å². The van der Waals surface area contributed by atoms with Crippen molar-refractivity contribution in [2.24, 2.45) is 10.8 Å². The molecule has 1 heterocycles. The number of esters is 1. The van der Waals surface area contributed by atoms with Crippen LogP contribution in [0.3, 0.4) is 0 Å². The summed E-state index contributed by atoms with van der Waals surface area (Å²) in [6.45, 7) is 9.66. The third kappa shape index (κ3) is 2.56. The van der Waals surface area contributed by atoms with E-state index in [2.05, 4.69) is 0 Å². The molecule has 17 heavy (non-hydrogen) atoms. The van der Waals surface area contributed by atoms with Gasteiger partial charge in [0.15, 0.2) is 0 Å². The SMILES string of the molecule is CC(C)(C)C1CC(C)(O)C(C)(CO[SiH3])C(=O)O1. The number of ether oxygens (including phenoxy) is 1. The van der Waals surface area contributed by atoms with Crippen LogP contribution in [-0.4, -0.2) is 39.9 Å². The molecule has 3 atom stereocenters. The highest BCUT2D eigenvalue weighted by molar-refractivity contribution is 5.98. The quantitative estimate of drug-likeness (QED) is 0.577. The minimum Gasteiger partial charge on any atom is -0.461 e. The molecule has 0 bridgehead atoms. The summed E-state index contributed by atoms with van der Waals surface area (Å²) in [5.74, 6) is -0.357. The molecule has 0 saturated carbocycles. The zero-order valence-corrected chi connectivity index (χ0v) is 13.7. The van der Waals surface area contributed by atoms with Gasteiger partial charge in [0.25, 0.3) is 0 Å². The zero-order chi connectivity index (χ0) is 13.5. The first-order valence-electron chi connectivity index (χ1n) is 5.97. The Hall–Kier alpha value is -0.393. The van der Waals surface area contributed by atoms with Crippen LogP contribution in [0, 0.1) is 10.8 Å². The second kappa shape index (κ2) is 4.37. The van der Waals surface area contributed by atoms with E-state index in [1.54, 1.807) is 13.8 Å². The number of hydrogen-bond donors (Lipinski definition) is 1. The molecule has 0 aromatic carbocycles. The van der Waals surface area contributed by atoms with Crippen molar-refractivity contribution in [3.05, 3.63) is 0 Å². The Kier molecular flexibility index (Phi) is 3.77. The molecule has 1 aliphatic rings. The maximum atomic E-state index is 12.1. The first-order valence-corrected chi connectivity index (χ1v) is 6.79. The molecule has 4 nitrogen and oxygen atoms in total. The highest BCUT2D eigenvalue weighted by Crippen LogP contribution is 2.45. The summed E-state index contributed by atoms with van der Waals surface area (Å²) >= 11 is 0. The van der Waals surface area contributed by atoms with Crippen LogP contribution in [0.5, 0.6) is 0 Å². The third-order valence-corrected chi connectivity index (χ3v) is 4.16. The van der Waals surface area contributed by atoms with Crippen LogP contribution in [-0.2, 0) is 14.0 Å². The lowest BCUT2D eigenvalue weighted by Gasteiger charge is -2.49. The van der Waals surface area contributed by atoms with Gasteiger partial charge >= 0.3 is 5.97 Å². The standard InChI is InChI=1S/C12H24O4Si/c1-10(2,3)8-6-12(5,14)11(4,7-15-17)9(13)16-8/h8,14H,6-7H2,1-5,17H3. The summed E-state index contributed by atoms with van der Waals surface area (Å²) in [7, 11) is 0.543. The molecule has 0 radical (unpaired) electrons. The van der Waals surface area contributed by atoms with Crippen LogP contribution in [0.25, 0.3) is 0 Å². The molecular formula is C12H24O4Si. The van der Waals surface area contributed by atoms with E-state index in [0.29, 0.717) is 16.9 Å². The van der Waals surface area contributed by atoms with Crippen LogP contribution in [0.1, 0.15) is 41.0 Å². The van der Waals surface area contributed by atoms with Gasteiger partial charge in [-0.15, -0.1) is 0 Å². The number of aliphatic hydroxyl groups is 1. The van der Waals surface area contributed by atoms with Gasteiger partial charge < -0.3 is 14.3 Å². The van der Waals surface area contributed by atoms with Crippen LogP contribution >= 0.6 is 0 Å². The number of hydrogen-bond acceptors (Lipinski definition) is 4. The number of cyclic esters (lactones) is 1. The van der Waals surface area contributed by atoms with E-state index in [0.717, 1.165) is 0 Å². The fourth-order valence-corrected chi connectivity index (χ4v) is 2.67. The first-order chi connectivity index (χ1) is 7.54. The largest absolute Gasteiger partial charge is 0.461 e. The van der Waals surface area contributed by atoms with E-state index in [9.17, 15) is 9.90 Å². The highest BCUT2D eigenvalue weighted by atomic mass is 28.2. The van der Waals surface area contributed by atoms with Crippen molar-refractivity contribution in [1.82, 2.24) is 0 Å². The van der Waals surface area contributed by atoms with E-state index in [4.69, 9.17) is 9.16 Å². The van der Waals surface area contributed by atoms with Crippen molar-refractivity contribution < 1.29 is 19.1 Å². The predicted molar refractivity (Wildman–Crippen MR) is 68.6 cm³/mol. The van der Waals surface area contributed by atoms with Crippen molar-refractivity contribution >= 4 is 16.5 Å². The Morgan fingerprint density at radius 1 is 1.53 bits per heavy atom. The topological polar surface area (TPSA) is 55.8 Å². The Morgan fingerprint density at radius 3 is 2.41 bits per heavy atom. The lowest BCUT2D eigenvalue weighted by Crippen LogP contribution is -2.61. The fraction of sp³-hybridized carbons (Fsp3) is 0.917. The summed E-state index contributed by atoms with van der Waals surface area (Å²) in [6.07, 6.45) is 0.191. The van der Waals surface area contributed by atoms with E-state index in [-0.39, 0.29) is 24.1 Å². The second-order valence-electron chi connectivity index (χ2n) is 6.50. The fourth-order valence-electron chi connectivity index (χ4n) is 2.09. The van der Waals surface area contributed by atoms with Crippen LogP contribution < -0.4 is 0 Å². The predicted octanol–water partition coefficient (Wildman–Crippen LogP) is 0.402. The molecule has 0 aliphatic carbocycles. The van der Waals surface area contributed by atoms with Crippen molar-refractivity contribution in [2.75, 3.05) is 6.61 Å². The van der Waals surface area contributed by atoms with Crippen LogP contribution in [0.2, 0.25) is 0 Å². The third-order valence-electron chi connectivity index (χ3n) is 3.87. The normalized spacial score (nSPS) is 39.2. The Bertz CT molecular complexity index is 308. The summed E-state index contributed by atoms with van der Waals surface area (Å²) < 4.78 is 10.7. The van der Waals surface area contributed by atoms with E-state index >= 15 is 0 Å². The van der Waals surface area contributed by atoms with E-state index < -0.39 is 11.0 Å². The molecule has 0 aromatic heterocycles. The summed E-state index contributed by atoms with van der Waals surface area (Å²) in [6, 6.07) is 0. The van der Waals surface area contributed by atoms with E-state index in [1.807, 2.05) is 20.8 Å². The maximum Gasteiger partial charge on any atom is 0.317 e. The zero-order valence-electron chi connectivity index (χ0n) is 11.7. The maximum absolute atomic E-state index is 12.1.